The molecule has 0 saturated carbocycles. The molecule has 0 aromatic heterocycles. The third kappa shape index (κ3) is 3.68. The predicted molar refractivity (Wildman–Crippen MR) is 161 cm³/mol. The largest absolute Gasteiger partial charge is 0.545 e. The molecule has 5 nitrogen and oxygen atoms in total. The van der Waals surface area contributed by atoms with Gasteiger partial charge in [-0.25, -0.2) is 4.58 Å². The molecule has 0 spiro atoms. The lowest BCUT2D eigenvalue weighted by Gasteiger charge is -2.39. The van der Waals surface area contributed by atoms with E-state index in [2.05, 4.69) is 21.6 Å². The van der Waals surface area contributed by atoms with Gasteiger partial charge in [0.1, 0.15) is 24.6 Å². The van der Waals surface area contributed by atoms with Crippen molar-refractivity contribution in [3.05, 3.63) is 81.7 Å². The zero-order valence-corrected chi connectivity index (χ0v) is 25.3. The molecule has 0 saturated heterocycles. The van der Waals surface area contributed by atoms with Crippen molar-refractivity contribution in [1.29, 1.82) is 0 Å². The van der Waals surface area contributed by atoms with Crippen LogP contribution in [-0.4, -0.2) is 32.1 Å². The molecular weight excluding hydrogens is 602 g/mol. The van der Waals surface area contributed by atoms with Crippen molar-refractivity contribution in [2.24, 2.45) is 0 Å². The highest BCUT2D eigenvalue weighted by Gasteiger charge is 2.37. The average Bonchev–Trinajstić information content (AvgIpc) is 2.98. The summed E-state index contributed by atoms with van der Waals surface area (Å²) in [7, 11) is 0. The van der Waals surface area contributed by atoms with Crippen LogP contribution in [0.5, 0.6) is 11.5 Å². The van der Waals surface area contributed by atoms with E-state index in [0.29, 0.717) is 5.57 Å². The summed E-state index contributed by atoms with van der Waals surface area (Å²) < 4.78 is 9.50. The number of carboxylic acid groups (broad SMARTS) is 1. The second-order valence-electron chi connectivity index (χ2n) is 11.6. The molecular formula is C32H26Cl4N2O3. The van der Waals surface area contributed by atoms with Gasteiger partial charge in [0, 0.05) is 70.2 Å². The number of carboxylic acids is 1. The van der Waals surface area contributed by atoms with E-state index in [4.69, 9.17) is 51.1 Å². The Labute approximate surface area is 257 Å². The number of halogens is 4. The summed E-state index contributed by atoms with van der Waals surface area (Å²) in [4.78, 5) is 15.2. The lowest BCUT2D eigenvalue weighted by molar-refractivity contribution is -0.255. The molecule has 5 aliphatic rings. The number of aryl methyl sites for hydroxylation is 2. The fraction of sp³-hybridized carbons (Fsp3) is 0.375. The summed E-state index contributed by atoms with van der Waals surface area (Å²) in [6.45, 7) is 4.12. The number of carbonyl (C=O) groups is 1. The molecule has 9 heteroatoms. The van der Waals surface area contributed by atoms with E-state index in [1.165, 1.54) is 33.3 Å². The molecule has 3 aromatic carbocycles. The standard InChI is InChI=1S/C32H26Cl4N2O3/c33-24-22(23(32(39)40)25(34)27(36)26(24)35)21-19-13-15-5-1-9-37-11-3-7-17(28(15)37)30(19)41-31-18-8-4-12-38-10-2-6-16(29(18)38)14-20(21)31/h13-14H,1-12H2. The van der Waals surface area contributed by atoms with E-state index in [9.17, 15) is 9.90 Å². The third-order valence-electron chi connectivity index (χ3n) is 9.41. The Morgan fingerprint density at radius 1 is 0.805 bits per heavy atom. The maximum absolute atomic E-state index is 12.7. The molecule has 210 valence electrons. The first-order valence-electron chi connectivity index (χ1n) is 14.4. The van der Waals surface area contributed by atoms with Gasteiger partial charge in [-0.05, 0) is 56.2 Å². The normalized spacial score (nSPS) is 18.3. The summed E-state index contributed by atoms with van der Waals surface area (Å²) in [6, 6.07) is 4.35. The molecule has 0 radical (unpaired) electrons. The fourth-order valence-electron chi connectivity index (χ4n) is 7.84. The molecule has 0 atom stereocenters. The van der Waals surface area contributed by atoms with Crippen molar-refractivity contribution >= 4 is 63.6 Å². The summed E-state index contributed by atoms with van der Waals surface area (Å²) in [5, 5.41) is 14.6. The van der Waals surface area contributed by atoms with Crippen LogP contribution in [0.2, 0.25) is 20.1 Å². The minimum Gasteiger partial charge on any atom is -0.545 e. The van der Waals surface area contributed by atoms with E-state index >= 15 is 0 Å². The van der Waals surface area contributed by atoms with Gasteiger partial charge in [-0.1, -0.05) is 46.4 Å². The monoisotopic (exact) mass is 626 g/mol. The van der Waals surface area contributed by atoms with Gasteiger partial charge >= 0.3 is 0 Å². The molecule has 3 aromatic rings. The molecule has 41 heavy (non-hydrogen) atoms. The van der Waals surface area contributed by atoms with Crippen LogP contribution in [-0.2, 0) is 25.7 Å². The van der Waals surface area contributed by atoms with Crippen LogP contribution in [0, 0.1) is 0 Å². The summed E-state index contributed by atoms with van der Waals surface area (Å²) in [6.07, 6.45) is 7.86. The molecule has 8 rings (SSSR count). The van der Waals surface area contributed by atoms with Gasteiger partial charge < -0.3 is 19.5 Å². The Bertz CT molecular complexity index is 1860. The van der Waals surface area contributed by atoms with Gasteiger partial charge in [-0.15, -0.1) is 0 Å². The molecule has 0 bridgehead atoms. The number of benzene rings is 3. The molecule has 0 aliphatic carbocycles. The van der Waals surface area contributed by atoms with E-state index in [-0.39, 0.29) is 31.2 Å². The Balaban J connectivity index is 1.59. The maximum atomic E-state index is 12.7. The fourth-order valence-corrected chi connectivity index (χ4v) is 8.87. The molecule has 0 N–H and O–H groups in total. The number of ether oxygens (including phenoxy) is 1. The van der Waals surface area contributed by atoms with Gasteiger partial charge in [-0.3, -0.25) is 0 Å². The minimum atomic E-state index is -1.46. The molecule has 5 heterocycles. The Kier molecular flexibility index (Phi) is 6.10. The van der Waals surface area contributed by atoms with Gasteiger partial charge in [-0.2, -0.15) is 0 Å². The van der Waals surface area contributed by atoms with E-state index in [1.807, 2.05) is 0 Å². The maximum Gasteiger partial charge on any atom is 0.210 e. The third-order valence-corrected chi connectivity index (χ3v) is 11.2. The molecule has 0 unspecified atom stereocenters. The van der Waals surface area contributed by atoms with Crippen LogP contribution >= 0.6 is 46.4 Å². The number of nitrogens with zero attached hydrogens (tertiary/aromatic N) is 2. The Hall–Kier alpha value is -2.44. The molecule has 0 amide bonds. The minimum absolute atomic E-state index is 0.0244. The van der Waals surface area contributed by atoms with E-state index < -0.39 is 5.97 Å². The smallest absolute Gasteiger partial charge is 0.210 e. The van der Waals surface area contributed by atoms with Crippen LogP contribution in [0.4, 0.5) is 5.69 Å². The van der Waals surface area contributed by atoms with Gasteiger partial charge in [0.2, 0.25) is 5.36 Å². The number of aromatic carboxylic acids is 1. The highest BCUT2D eigenvalue weighted by molar-refractivity contribution is 6.53. The lowest BCUT2D eigenvalue weighted by Crippen LogP contribution is -2.45. The first-order valence-corrected chi connectivity index (χ1v) is 15.9. The number of anilines is 1. The van der Waals surface area contributed by atoms with Crippen molar-refractivity contribution < 1.29 is 14.6 Å². The average molecular weight is 628 g/mol. The summed E-state index contributed by atoms with van der Waals surface area (Å²) in [5.74, 6) is 0.109. The quantitative estimate of drug-likeness (QED) is 0.176. The van der Waals surface area contributed by atoms with Crippen LogP contribution in [0.15, 0.2) is 12.1 Å². The number of fused-ring (bicyclic) bond motifs is 4. The second-order valence-corrected chi connectivity index (χ2v) is 13.1. The highest BCUT2D eigenvalue weighted by atomic mass is 35.5. The van der Waals surface area contributed by atoms with Crippen molar-refractivity contribution in [3.8, 4) is 11.5 Å². The number of hydrogen-bond donors (Lipinski definition) is 0. The highest BCUT2D eigenvalue weighted by Crippen LogP contribution is 2.51. The van der Waals surface area contributed by atoms with E-state index in [1.54, 1.807) is 0 Å². The number of hydrogen-bond acceptors (Lipinski definition) is 4. The Morgan fingerprint density at radius 2 is 1.49 bits per heavy atom. The Morgan fingerprint density at radius 3 is 2.27 bits per heavy atom. The topological polar surface area (TPSA) is 55.6 Å². The molecule has 0 fully saturated rings. The SMILES string of the molecule is O=C([O-])c1c(Cl)c(Cl)c(Cl)c(Cl)c1C1=c2cc3c4c(c2Oc2c1cc1c5c2CCCN5CCC1)CCC[N+]=4CCC3. The van der Waals surface area contributed by atoms with Crippen LogP contribution in [0.1, 0.15) is 69.4 Å². The predicted octanol–water partition coefficient (Wildman–Crippen LogP) is 5.10. The van der Waals surface area contributed by atoms with Crippen molar-refractivity contribution in [2.45, 2.75) is 51.4 Å². The van der Waals surface area contributed by atoms with Crippen LogP contribution in [0.25, 0.3) is 5.57 Å². The second kappa shape index (κ2) is 9.54. The van der Waals surface area contributed by atoms with E-state index in [0.717, 1.165) is 99.8 Å². The first-order chi connectivity index (χ1) is 19.8. The zero-order valence-electron chi connectivity index (χ0n) is 22.3. The zero-order chi connectivity index (χ0) is 28.2. The van der Waals surface area contributed by atoms with Gasteiger partial charge in [0.05, 0.1) is 31.6 Å². The number of rotatable bonds is 2. The summed E-state index contributed by atoms with van der Waals surface area (Å²) in [5.41, 5.74) is 7.62. The van der Waals surface area contributed by atoms with Crippen molar-refractivity contribution in [1.82, 2.24) is 4.58 Å². The van der Waals surface area contributed by atoms with Crippen molar-refractivity contribution in [2.75, 3.05) is 31.1 Å². The van der Waals surface area contributed by atoms with Gasteiger partial charge in [0.25, 0.3) is 0 Å². The van der Waals surface area contributed by atoms with Crippen LogP contribution < -0.4 is 29.9 Å². The van der Waals surface area contributed by atoms with Gasteiger partial charge in [0.15, 0.2) is 0 Å². The lowest BCUT2D eigenvalue weighted by atomic mass is 9.81. The summed E-state index contributed by atoms with van der Waals surface area (Å²) >= 11 is 26.6. The van der Waals surface area contributed by atoms with Crippen LogP contribution in [0.3, 0.4) is 0 Å². The first kappa shape index (κ1) is 26.2. The van der Waals surface area contributed by atoms with Crippen molar-refractivity contribution in [3.63, 3.8) is 0 Å². The number of carbonyl (C=O) groups excluding carboxylic acids is 1. The molecule has 5 aliphatic heterocycles.